The molecule has 0 amide bonds. The molecule has 0 bridgehead atoms. The largest absolute Gasteiger partial charge is 0.324 e. The van der Waals surface area contributed by atoms with Crippen LogP contribution in [0.25, 0.3) is 0 Å². The van der Waals surface area contributed by atoms with E-state index in [4.69, 9.17) is 5.73 Å². The molecule has 1 aliphatic carbocycles. The maximum absolute atomic E-state index is 6.51. The van der Waals surface area contributed by atoms with Crippen LogP contribution in [0.5, 0.6) is 0 Å². The molecule has 2 unspecified atom stereocenters. The number of nitrogens with two attached hydrogens (primary N) is 1. The SMILES string of the molecule is CCn1nc(C)cc1CC1CCc2ccccc2C1N. The van der Waals surface area contributed by atoms with E-state index in [1.807, 2.05) is 0 Å². The van der Waals surface area contributed by atoms with Crippen LogP contribution >= 0.6 is 0 Å². The third kappa shape index (κ3) is 2.38. The second-order valence-corrected chi connectivity index (χ2v) is 5.82. The molecule has 0 spiro atoms. The Morgan fingerprint density at radius 3 is 2.95 bits per heavy atom. The van der Waals surface area contributed by atoms with E-state index >= 15 is 0 Å². The van der Waals surface area contributed by atoms with Crippen LogP contribution in [0.2, 0.25) is 0 Å². The number of aromatic nitrogens is 2. The van der Waals surface area contributed by atoms with E-state index < -0.39 is 0 Å². The Bertz CT molecular complexity index is 600. The average Bonchev–Trinajstić information content (AvgIpc) is 2.82. The van der Waals surface area contributed by atoms with Gasteiger partial charge in [-0.15, -0.1) is 0 Å². The van der Waals surface area contributed by atoms with Crippen molar-refractivity contribution < 1.29 is 0 Å². The minimum absolute atomic E-state index is 0.153. The molecule has 20 heavy (non-hydrogen) atoms. The Morgan fingerprint density at radius 1 is 1.35 bits per heavy atom. The van der Waals surface area contributed by atoms with Gasteiger partial charge in [-0.2, -0.15) is 5.10 Å². The highest BCUT2D eigenvalue weighted by Crippen LogP contribution is 2.34. The molecule has 0 saturated heterocycles. The van der Waals surface area contributed by atoms with Crippen LogP contribution in [0.3, 0.4) is 0 Å². The van der Waals surface area contributed by atoms with Gasteiger partial charge >= 0.3 is 0 Å². The van der Waals surface area contributed by atoms with E-state index in [-0.39, 0.29) is 6.04 Å². The summed E-state index contributed by atoms with van der Waals surface area (Å²) < 4.78 is 2.11. The maximum atomic E-state index is 6.51. The molecule has 0 saturated carbocycles. The van der Waals surface area contributed by atoms with Gasteiger partial charge in [-0.1, -0.05) is 24.3 Å². The molecule has 0 aliphatic heterocycles. The highest BCUT2D eigenvalue weighted by Gasteiger charge is 2.27. The number of fused-ring (bicyclic) bond motifs is 1. The standard InChI is InChI=1S/C17H23N3/c1-3-20-15(10-12(2)19-20)11-14-9-8-13-6-4-5-7-16(13)17(14)18/h4-7,10,14,17H,3,8-9,11,18H2,1-2H3. The minimum atomic E-state index is 0.153. The van der Waals surface area contributed by atoms with Crippen molar-refractivity contribution in [2.24, 2.45) is 11.7 Å². The predicted octanol–water partition coefficient (Wildman–Crippen LogP) is 3.02. The lowest BCUT2D eigenvalue weighted by molar-refractivity contribution is 0.366. The molecule has 1 aliphatic rings. The molecule has 3 nitrogen and oxygen atoms in total. The van der Waals surface area contributed by atoms with E-state index in [0.717, 1.165) is 25.1 Å². The zero-order chi connectivity index (χ0) is 14.1. The van der Waals surface area contributed by atoms with Crippen molar-refractivity contribution in [1.29, 1.82) is 0 Å². The minimum Gasteiger partial charge on any atom is -0.324 e. The van der Waals surface area contributed by atoms with E-state index in [0.29, 0.717) is 5.92 Å². The van der Waals surface area contributed by atoms with Crippen LogP contribution in [-0.4, -0.2) is 9.78 Å². The van der Waals surface area contributed by atoms with Crippen LogP contribution < -0.4 is 5.73 Å². The fourth-order valence-electron chi connectivity index (χ4n) is 3.40. The number of rotatable bonds is 3. The van der Waals surface area contributed by atoms with E-state index in [1.165, 1.54) is 23.2 Å². The first-order chi connectivity index (χ1) is 9.69. The highest BCUT2D eigenvalue weighted by molar-refractivity contribution is 5.33. The maximum Gasteiger partial charge on any atom is 0.0596 e. The normalized spacial score (nSPS) is 21.8. The molecule has 3 heteroatoms. The van der Waals surface area contributed by atoms with Crippen molar-refractivity contribution >= 4 is 0 Å². The van der Waals surface area contributed by atoms with E-state index in [9.17, 15) is 0 Å². The number of benzene rings is 1. The second-order valence-electron chi connectivity index (χ2n) is 5.82. The molecule has 2 atom stereocenters. The lowest BCUT2D eigenvalue weighted by Crippen LogP contribution is -2.29. The van der Waals surface area contributed by atoms with Crippen molar-refractivity contribution in [2.75, 3.05) is 0 Å². The van der Waals surface area contributed by atoms with Gasteiger partial charge in [0.2, 0.25) is 0 Å². The van der Waals surface area contributed by atoms with E-state index in [2.05, 4.69) is 54.0 Å². The molecular formula is C17H23N3. The number of hydrogen-bond acceptors (Lipinski definition) is 2. The summed E-state index contributed by atoms with van der Waals surface area (Å²) in [7, 11) is 0. The molecule has 1 heterocycles. The van der Waals surface area contributed by atoms with Gasteiger partial charge in [0.05, 0.1) is 5.69 Å². The van der Waals surface area contributed by atoms with Crippen molar-refractivity contribution in [3.8, 4) is 0 Å². The molecule has 1 aromatic heterocycles. The van der Waals surface area contributed by atoms with E-state index in [1.54, 1.807) is 0 Å². The summed E-state index contributed by atoms with van der Waals surface area (Å²) in [5.74, 6) is 0.520. The molecule has 3 rings (SSSR count). The Morgan fingerprint density at radius 2 is 2.15 bits per heavy atom. The summed E-state index contributed by atoms with van der Waals surface area (Å²) in [5.41, 5.74) is 11.7. The second kappa shape index (κ2) is 5.41. The molecule has 1 aromatic carbocycles. The van der Waals surface area contributed by atoms with Gasteiger partial charge in [-0.25, -0.2) is 0 Å². The summed E-state index contributed by atoms with van der Waals surface area (Å²) in [6.07, 6.45) is 3.35. The Labute approximate surface area is 120 Å². The van der Waals surface area contributed by atoms with Gasteiger partial charge in [-0.3, -0.25) is 4.68 Å². The smallest absolute Gasteiger partial charge is 0.0596 e. The van der Waals surface area contributed by atoms with Crippen molar-refractivity contribution in [3.05, 3.63) is 52.8 Å². The van der Waals surface area contributed by atoms with Crippen molar-refractivity contribution in [1.82, 2.24) is 9.78 Å². The van der Waals surface area contributed by atoms with Gasteiger partial charge in [0.25, 0.3) is 0 Å². The molecule has 2 aromatic rings. The summed E-state index contributed by atoms with van der Waals surface area (Å²) in [5, 5.41) is 4.54. The van der Waals surface area contributed by atoms with Crippen LogP contribution in [0.15, 0.2) is 30.3 Å². The Hall–Kier alpha value is -1.61. The van der Waals surface area contributed by atoms with Crippen LogP contribution in [0, 0.1) is 12.8 Å². The number of hydrogen-bond donors (Lipinski definition) is 1. The van der Waals surface area contributed by atoms with Crippen LogP contribution in [0.4, 0.5) is 0 Å². The molecular weight excluding hydrogens is 246 g/mol. The van der Waals surface area contributed by atoms with Gasteiger partial charge < -0.3 is 5.73 Å². The summed E-state index contributed by atoms with van der Waals surface area (Å²) >= 11 is 0. The van der Waals surface area contributed by atoms with Gasteiger partial charge in [0.15, 0.2) is 0 Å². The van der Waals surface area contributed by atoms with Crippen LogP contribution in [-0.2, 0) is 19.4 Å². The van der Waals surface area contributed by atoms with Gasteiger partial charge in [0.1, 0.15) is 0 Å². The first kappa shape index (κ1) is 13.4. The van der Waals surface area contributed by atoms with Crippen molar-refractivity contribution in [3.63, 3.8) is 0 Å². The Balaban J connectivity index is 1.82. The number of aryl methyl sites for hydroxylation is 3. The fraction of sp³-hybridized carbons (Fsp3) is 0.471. The summed E-state index contributed by atoms with van der Waals surface area (Å²) in [6.45, 7) is 5.14. The topological polar surface area (TPSA) is 43.8 Å². The first-order valence-electron chi connectivity index (χ1n) is 7.55. The zero-order valence-corrected chi connectivity index (χ0v) is 12.3. The summed E-state index contributed by atoms with van der Waals surface area (Å²) in [6, 6.07) is 11.0. The number of nitrogens with zero attached hydrogens (tertiary/aromatic N) is 2. The third-order valence-electron chi connectivity index (χ3n) is 4.46. The Kier molecular flexibility index (Phi) is 3.62. The zero-order valence-electron chi connectivity index (χ0n) is 12.3. The fourth-order valence-corrected chi connectivity index (χ4v) is 3.40. The molecule has 106 valence electrons. The van der Waals surface area contributed by atoms with Crippen molar-refractivity contribution in [2.45, 2.75) is 45.7 Å². The predicted molar refractivity (Wildman–Crippen MR) is 81.5 cm³/mol. The quantitative estimate of drug-likeness (QED) is 0.931. The lowest BCUT2D eigenvalue weighted by atomic mass is 9.78. The third-order valence-corrected chi connectivity index (χ3v) is 4.46. The highest BCUT2D eigenvalue weighted by atomic mass is 15.3. The summed E-state index contributed by atoms with van der Waals surface area (Å²) in [4.78, 5) is 0. The monoisotopic (exact) mass is 269 g/mol. The molecule has 2 N–H and O–H groups in total. The first-order valence-corrected chi connectivity index (χ1v) is 7.55. The molecule has 0 fully saturated rings. The average molecular weight is 269 g/mol. The van der Waals surface area contributed by atoms with Gasteiger partial charge in [0, 0.05) is 18.3 Å². The van der Waals surface area contributed by atoms with Crippen LogP contribution in [0.1, 0.15) is 41.9 Å². The van der Waals surface area contributed by atoms with Gasteiger partial charge in [-0.05, 0) is 56.2 Å². The lowest BCUT2D eigenvalue weighted by Gasteiger charge is -2.31. The molecule has 0 radical (unpaired) electrons.